The Labute approximate surface area is 189 Å². The van der Waals surface area contributed by atoms with E-state index >= 15 is 0 Å². The third kappa shape index (κ3) is 11.8. The number of phosphoric acid groups is 1. The van der Waals surface area contributed by atoms with Crippen LogP contribution in [-0.2, 0) is 9.09 Å². The molecule has 1 aliphatic carbocycles. The maximum Gasteiger partial charge on any atom is 0.470 e. The lowest BCUT2D eigenvalue weighted by atomic mass is 9.72. The predicted octanol–water partition coefficient (Wildman–Crippen LogP) is 6.09. The molecule has 0 bridgehead atoms. The van der Waals surface area contributed by atoms with Crippen LogP contribution in [0.25, 0.3) is 0 Å². The molecular formula is C25H43NO4P+. The van der Waals surface area contributed by atoms with Crippen molar-refractivity contribution in [1.82, 2.24) is 0 Å². The van der Waals surface area contributed by atoms with Crippen LogP contribution < -0.4 is 0 Å². The van der Waals surface area contributed by atoms with Crippen molar-refractivity contribution in [3.8, 4) is 0 Å². The van der Waals surface area contributed by atoms with Crippen molar-refractivity contribution in [2.75, 3.05) is 27.7 Å². The van der Waals surface area contributed by atoms with Gasteiger partial charge in [0.15, 0.2) is 0 Å². The van der Waals surface area contributed by atoms with E-state index in [1.165, 1.54) is 36.0 Å². The molecule has 1 atom stereocenters. The highest BCUT2D eigenvalue weighted by atomic mass is 31.2. The van der Waals surface area contributed by atoms with Crippen LogP contribution in [0, 0.1) is 5.41 Å². The SMILES string of the molecule is CC(C=CC1=C(C)CCCC1(C)C)=CC=CC(C)=CC[C@@H](C[N+](C)(C)C)OP(=O)(O)O. The van der Waals surface area contributed by atoms with Crippen molar-refractivity contribution in [2.24, 2.45) is 5.41 Å². The zero-order valence-electron chi connectivity index (χ0n) is 20.7. The largest absolute Gasteiger partial charge is 0.470 e. The average molecular weight is 453 g/mol. The number of quaternary nitrogens is 1. The summed E-state index contributed by atoms with van der Waals surface area (Å²) in [5.74, 6) is 0. The number of rotatable bonds is 10. The first-order valence-electron chi connectivity index (χ1n) is 11.0. The van der Waals surface area contributed by atoms with Crippen molar-refractivity contribution in [1.29, 1.82) is 0 Å². The van der Waals surface area contributed by atoms with E-state index in [9.17, 15) is 14.4 Å². The van der Waals surface area contributed by atoms with E-state index < -0.39 is 13.9 Å². The molecule has 1 aliphatic rings. The van der Waals surface area contributed by atoms with Gasteiger partial charge in [-0.15, -0.1) is 0 Å². The molecule has 0 heterocycles. The molecule has 1 rings (SSSR count). The van der Waals surface area contributed by atoms with Crippen LogP contribution in [0.3, 0.4) is 0 Å². The lowest BCUT2D eigenvalue weighted by Crippen LogP contribution is -2.42. The van der Waals surface area contributed by atoms with E-state index in [1.54, 1.807) is 0 Å². The van der Waals surface area contributed by atoms with Crippen LogP contribution in [0.15, 0.2) is 58.7 Å². The van der Waals surface area contributed by atoms with Gasteiger partial charge in [-0.25, -0.2) is 4.57 Å². The van der Waals surface area contributed by atoms with Gasteiger partial charge in [0, 0.05) is 0 Å². The molecule has 0 amide bonds. The molecule has 0 aliphatic heterocycles. The van der Waals surface area contributed by atoms with Gasteiger partial charge in [0.1, 0.15) is 12.6 Å². The molecule has 0 saturated carbocycles. The summed E-state index contributed by atoms with van der Waals surface area (Å²) in [6.07, 6.45) is 16.1. The van der Waals surface area contributed by atoms with Gasteiger partial charge in [-0.3, -0.25) is 4.52 Å². The molecule has 6 heteroatoms. The summed E-state index contributed by atoms with van der Waals surface area (Å²) in [6, 6.07) is 0. The van der Waals surface area contributed by atoms with Gasteiger partial charge in [-0.05, 0) is 57.4 Å². The van der Waals surface area contributed by atoms with Gasteiger partial charge in [0.05, 0.1) is 21.1 Å². The van der Waals surface area contributed by atoms with Gasteiger partial charge >= 0.3 is 7.82 Å². The van der Waals surface area contributed by atoms with Crippen molar-refractivity contribution >= 4 is 7.82 Å². The lowest BCUT2D eigenvalue weighted by Gasteiger charge is -2.32. The summed E-state index contributed by atoms with van der Waals surface area (Å²) in [5, 5.41) is 0. The van der Waals surface area contributed by atoms with E-state index in [0.717, 1.165) is 5.57 Å². The van der Waals surface area contributed by atoms with Crippen LogP contribution in [0.4, 0.5) is 0 Å². The quantitative estimate of drug-likeness (QED) is 0.239. The fourth-order valence-electron chi connectivity index (χ4n) is 3.97. The fourth-order valence-corrected chi connectivity index (χ4v) is 4.51. The smallest absolute Gasteiger partial charge is 0.329 e. The Balaban J connectivity index is 2.77. The minimum Gasteiger partial charge on any atom is -0.329 e. The molecule has 0 aromatic heterocycles. The number of hydrogen-bond donors (Lipinski definition) is 2. The molecule has 0 spiro atoms. The highest BCUT2D eigenvalue weighted by Crippen LogP contribution is 2.41. The van der Waals surface area contributed by atoms with Gasteiger partial charge in [0.25, 0.3) is 0 Å². The van der Waals surface area contributed by atoms with E-state index in [1.807, 2.05) is 46.3 Å². The van der Waals surface area contributed by atoms with E-state index in [-0.39, 0.29) is 5.41 Å². The monoisotopic (exact) mass is 452 g/mol. The van der Waals surface area contributed by atoms with Crippen LogP contribution in [0.1, 0.15) is 60.3 Å². The second-order valence-corrected chi connectivity index (χ2v) is 11.6. The Morgan fingerprint density at radius 1 is 1.19 bits per heavy atom. The van der Waals surface area contributed by atoms with Gasteiger partial charge in [-0.2, -0.15) is 0 Å². The number of likely N-dealkylation sites (N-methyl/N-ethyl adjacent to an activating group) is 1. The van der Waals surface area contributed by atoms with Crippen LogP contribution >= 0.6 is 7.82 Å². The summed E-state index contributed by atoms with van der Waals surface area (Å²) in [7, 11) is 1.40. The Kier molecular flexibility index (Phi) is 10.4. The Morgan fingerprint density at radius 3 is 2.39 bits per heavy atom. The second kappa shape index (κ2) is 11.6. The molecule has 0 radical (unpaired) electrons. The van der Waals surface area contributed by atoms with Crippen molar-refractivity contribution in [3.63, 3.8) is 0 Å². The molecule has 2 N–H and O–H groups in total. The highest BCUT2D eigenvalue weighted by molar-refractivity contribution is 7.46. The zero-order valence-corrected chi connectivity index (χ0v) is 21.6. The summed E-state index contributed by atoms with van der Waals surface area (Å²) < 4.78 is 16.8. The number of hydrogen-bond acceptors (Lipinski definition) is 2. The Bertz CT molecular complexity index is 804. The minimum atomic E-state index is -4.51. The van der Waals surface area contributed by atoms with E-state index in [0.29, 0.717) is 17.4 Å². The molecule has 31 heavy (non-hydrogen) atoms. The van der Waals surface area contributed by atoms with Crippen molar-refractivity contribution in [2.45, 2.75) is 66.4 Å². The molecule has 0 aromatic rings. The maximum absolute atomic E-state index is 11.3. The van der Waals surface area contributed by atoms with Crippen LogP contribution in [-0.4, -0.2) is 48.1 Å². The van der Waals surface area contributed by atoms with Crippen LogP contribution in [0.2, 0.25) is 0 Å². The standard InChI is InChI=1S/C25H42NO4P/c1-20(14-16-23(19-26(6,7)8)30-31(27,28)29)11-9-12-21(2)15-17-24-22(3)13-10-18-25(24,4)5/h9,11-12,14-15,17,23H,10,13,16,18-19H2,1-8H3,(H-,27,28,29)/p+1/t23-/m0/s1. The second-order valence-electron chi connectivity index (χ2n) is 10.4. The van der Waals surface area contributed by atoms with Gasteiger partial charge in [-0.1, -0.05) is 67.0 Å². The number of nitrogens with zero attached hydrogens (tertiary/aromatic N) is 1. The van der Waals surface area contributed by atoms with Crippen LogP contribution in [0.5, 0.6) is 0 Å². The molecule has 0 saturated heterocycles. The molecule has 0 unspecified atom stereocenters. The van der Waals surface area contributed by atoms with Crippen molar-refractivity contribution < 1.29 is 23.4 Å². The van der Waals surface area contributed by atoms with Gasteiger partial charge < -0.3 is 14.3 Å². The normalized spacial score (nSPS) is 20.2. The number of allylic oxidation sites excluding steroid dienone is 9. The summed E-state index contributed by atoms with van der Waals surface area (Å²) in [5.41, 5.74) is 5.40. The first-order chi connectivity index (χ1) is 14.1. The predicted molar refractivity (Wildman–Crippen MR) is 131 cm³/mol. The first kappa shape index (κ1) is 27.8. The number of phosphoric ester groups is 1. The molecule has 0 fully saturated rings. The van der Waals surface area contributed by atoms with E-state index in [2.05, 4.69) is 45.9 Å². The zero-order chi connectivity index (χ0) is 23.9. The summed E-state index contributed by atoms with van der Waals surface area (Å²) in [4.78, 5) is 18.4. The lowest BCUT2D eigenvalue weighted by molar-refractivity contribution is -0.873. The van der Waals surface area contributed by atoms with E-state index in [4.69, 9.17) is 4.52 Å². The fraction of sp³-hybridized carbons (Fsp3) is 0.600. The minimum absolute atomic E-state index is 0.242. The summed E-state index contributed by atoms with van der Waals surface area (Å²) >= 11 is 0. The Hall–Kier alpha value is -1.23. The third-order valence-electron chi connectivity index (χ3n) is 5.51. The maximum atomic E-state index is 11.3. The average Bonchev–Trinajstić information content (AvgIpc) is 2.56. The van der Waals surface area contributed by atoms with Crippen molar-refractivity contribution in [3.05, 3.63) is 58.7 Å². The molecule has 0 aromatic carbocycles. The summed E-state index contributed by atoms with van der Waals surface area (Å²) in [6.45, 7) is 11.5. The highest BCUT2D eigenvalue weighted by Gasteiger charge is 2.27. The molecular weight excluding hydrogens is 409 g/mol. The third-order valence-corrected chi connectivity index (χ3v) is 6.09. The molecule has 176 valence electrons. The Morgan fingerprint density at radius 2 is 1.84 bits per heavy atom. The molecule has 5 nitrogen and oxygen atoms in total. The van der Waals surface area contributed by atoms with Gasteiger partial charge in [0.2, 0.25) is 0 Å². The topological polar surface area (TPSA) is 66.8 Å². The first-order valence-corrected chi connectivity index (χ1v) is 12.6.